The summed E-state index contributed by atoms with van der Waals surface area (Å²) in [6, 6.07) is 19.1. The molecule has 2 aromatic heterocycles. The van der Waals surface area contributed by atoms with Crippen LogP contribution in [0.25, 0.3) is 41.7 Å². The molecule has 0 unspecified atom stereocenters. The molecule has 28 heavy (non-hydrogen) atoms. The van der Waals surface area contributed by atoms with Crippen molar-refractivity contribution in [3.05, 3.63) is 48.5 Å². The van der Waals surface area contributed by atoms with Gasteiger partial charge in [-0.1, -0.05) is 0 Å². The molecule has 2 heterocycles. The van der Waals surface area contributed by atoms with Crippen LogP contribution in [-0.2, 0) is 0 Å². The fourth-order valence-electron chi connectivity index (χ4n) is 3.96. The SMILES string of the molecule is [CH3][Sn]([CH3])([CH3])[c]1cc2ccc3c4ccc5c[c]([Sn]([CH3])([CH3])[CH3])sc5c4ccc3c2s1. The summed E-state index contributed by atoms with van der Waals surface area (Å²) in [5.41, 5.74) is 0. The van der Waals surface area contributed by atoms with Gasteiger partial charge in [0.1, 0.15) is 0 Å². The molecule has 3 aromatic carbocycles. The minimum absolute atomic E-state index is 1.42. The molecule has 0 N–H and O–H groups in total. The number of thiophene rings is 2. The summed E-state index contributed by atoms with van der Waals surface area (Å²) >= 11 is 0.0315. The summed E-state index contributed by atoms with van der Waals surface area (Å²) in [7, 11) is 0. The van der Waals surface area contributed by atoms with Crippen molar-refractivity contribution < 1.29 is 0 Å². The van der Waals surface area contributed by atoms with E-state index in [0.717, 1.165) is 0 Å². The molecule has 0 saturated carbocycles. The van der Waals surface area contributed by atoms with Gasteiger partial charge in [0, 0.05) is 0 Å². The Kier molecular flexibility index (Phi) is 4.63. The average molecular weight is 616 g/mol. The molecular weight excluding hydrogens is 590 g/mol. The van der Waals surface area contributed by atoms with Gasteiger partial charge in [0.2, 0.25) is 0 Å². The van der Waals surface area contributed by atoms with Crippen molar-refractivity contribution in [3.8, 4) is 0 Å². The van der Waals surface area contributed by atoms with Gasteiger partial charge in [0.05, 0.1) is 0 Å². The Morgan fingerprint density at radius 2 is 0.857 bits per heavy atom. The molecule has 0 fully saturated rings. The van der Waals surface area contributed by atoms with Crippen LogP contribution in [0.5, 0.6) is 0 Å². The van der Waals surface area contributed by atoms with E-state index in [1.165, 1.54) is 41.7 Å². The summed E-state index contributed by atoms with van der Waals surface area (Å²) in [6.07, 6.45) is 0. The molecule has 0 nitrogen and oxygen atoms in total. The van der Waals surface area contributed by atoms with Crippen LogP contribution in [-0.4, -0.2) is 36.8 Å². The van der Waals surface area contributed by atoms with Gasteiger partial charge >= 0.3 is 185 Å². The topological polar surface area (TPSA) is 0 Å². The van der Waals surface area contributed by atoms with Crippen LogP contribution < -0.4 is 5.79 Å². The normalized spacial score (nSPS) is 13.4. The maximum absolute atomic E-state index is 2.52. The quantitative estimate of drug-likeness (QED) is 0.142. The summed E-state index contributed by atoms with van der Waals surface area (Å²) in [6.45, 7) is 0. The van der Waals surface area contributed by atoms with E-state index in [2.05, 4.69) is 101 Å². The molecule has 4 heteroatoms. The zero-order valence-electron chi connectivity index (χ0n) is 17.4. The molecule has 0 saturated heterocycles. The average Bonchev–Trinajstić information content (AvgIpc) is 3.24. The first-order chi connectivity index (χ1) is 13.1. The van der Waals surface area contributed by atoms with E-state index < -0.39 is 36.8 Å². The first-order valence-electron chi connectivity index (χ1n) is 9.95. The molecule has 0 spiro atoms. The van der Waals surface area contributed by atoms with Crippen molar-refractivity contribution in [3.63, 3.8) is 0 Å². The van der Waals surface area contributed by atoms with Gasteiger partial charge in [-0.2, -0.15) is 0 Å². The number of hydrogen-bond donors (Lipinski definition) is 0. The van der Waals surface area contributed by atoms with Crippen molar-refractivity contribution >= 4 is 107 Å². The Bertz CT molecular complexity index is 1270. The van der Waals surface area contributed by atoms with Crippen LogP contribution in [0.2, 0.25) is 29.6 Å². The van der Waals surface area contributed by atoms with Crippen LogP contribution in [0.3, 0.4) is 0 Å². The molecule has 0 atom stereocenters. The Balaban J connectivity index is 1.84. The van der Waals surface area contributed by atoms with Crippen LogP contribution >= 0.6 is 22.7 Å². The predicted octanol–water partition coefficient (Wildman–Crippen LogP) is 7.51. The van der Waals surface area contributed by atoms with E-state index in [1.807, 2.05) is 0 Å². The summed E-state index contributed by atoms with van der Waals surface area (Å²) < 4.78 is 6.32. The fourth-order valence-corrected chi connectivity index (χ4v) is 16.8. The third-order valence-corrected chi connectivity index (χ3v) is 26.9. The monoisotopic (exact) mass is 618 g/mol. The van der Waals surface area contributed by atoms with Gasteiger partial charge in [-0.25, -0.2) is 0 Å². The molecule has 0 amide bonds. The Hall–Kier alpha value is -0.303. The van der Waals surface area contributed by atoms with E-state index in [4.69, 9.17) is 0 Å². The first-order valence-corrected chi connectivity index (χ1v) is 31.6. The van der Waals surface area contributed by atoms with E-state index in [9.17, 15) is 0 Å². The maximum atomic E-state index is 2.52. The van der Waals surface area contributed by atoms with Crippen LogP contribution in [0.4, 0.5) is 0 Å². The number of fused-ring (bicyclic) bond motifs is 7. The molecular formula is C24H26S2Sn2. The van der Waals surface area contributed by atoms with E-state index in [-0.39, 0.29) is 0 Å². The Morgan fingerprint density at radius 1 is 0.500 bits per heavy atom. The van der Waals surface area contributed by atoms with Crippen LogP contribution in [0, 0.1) is 0 Å². The van der Waals surface area contributed by atoms with Gasteiger partial charge < -0.3 is 0 Å². The zero-order chi connectivity index (χ0) is 19.8. The Morgan fingerprint density at radius 3 is 1.21 bits per heavy atom. The second-order valence-corrected chi connectivity index (χ2v) is 42.9. The van der Waals surface area contributed by atoms with E-state index >= 15 is 0 Å². The van der Waals surface area contributed by atoms with E-state index in [0.29, 0.717) is 0 Å². The second-order valence-electron chi connectivity index (χ2n) is 9.94. The van der Waals surface area contributed by atoms with Crippen molar-refractivity contribution in [2.75, 3.05) is 0 Å². The Labute approximate surface area is 183 Å². The number of benzene rings is 3. The molecule has 5 aromatic rings. The predicted molar refractivity (Wildman–Crippen MR) is 138 cm³/mol. The van der Waals surface area contributed by atoms with Gasteiger partial charge in [-0.3, -0.25) is 0 Å². The minimum atomic E-state index is -2.04. The van der Waals surface area contributed by atoms with Crippen molar-refractivity contribution in [1.82, 2.24) is 0 Å². The third kappa shape index (κ3) is 3.14. The van der Waals surface area contributed by atoms with Gasteiger partial charge in [-0.15, -0.1) is 0 Å². The molecule has 0 aliphatic rings. The summed E-state index contributed by atoms with van der Waals surface area (Å²) in [5, 5.41) is 8.56. The molecule has 0 aliphatic heterocycles. The van der Waals surface area contributed by atoms with Gasteiger partial charge in [0.25, 0.3) is 0 Å². The summed E-state index contributed by atoms with van der Waals surface area (Å²) in [4.78, 5) is 15.1. The molecule has 5 rings (SSSR count). The fraction of sp³-hybridized carbons (Fsp3) is 0.250. The zero-order valence-corrected chi connectivity index (χ0v) is 24.8. The van der Waals surface area contributed by atoms with Gasteiger partial charge in [-0.05, 0) is 0 Å². The molecule has 0 radical (unpaired) electrons. The van der Waals surface area contributed by atoms with Crippen molar-refractivity contribution in [1.29, 1.82) is 0 Å². The number of rotatable bonds is 2. The second kappa shape index (κ2) is 6.60. The van der Waals surface area contributed by atoms with Crippen LogP contribution in [0.1, 0.15) is 0 Å². The number of hydrogen-bond acceptors (Lipinski definition) is 2. The van der Waals surface area contributed by atoms with E-state index in [1.54, 1.807) is 5.79 Å². The molecule has 0 bridgehead atoms. The van der Waals surface area contributed by atoms with Crippen molar-refractivity contribution in [2.24, 2.45) is 0 Å². The first kappa shape index (κ1) is 19.6. The third-order valence-electron chi connectivity index (χ3n) is 5.64. The van der Waals surface area contributed by atoms with Gasteiger partial charge in [0.15, 0.2) is 0 Å². The molecule has 142 valence electrons. The standard InChI is InChI=1S/C18H8S2.6CH3.2Sn/c1-3-13-14-4-2-12-8-10-20-18(12)16(14)6-5-15(13)17-11(1)7-9-19-17;;;;;;;;/h1-8H;6*1H3;;. The molecule has 0 aliphatic carbocycles. The van der Waals surface area contributed by atoms with Crippen molar-refractivity contribution in [2.45, 2.75) is 29.6 Å². The summed E-state index contributed by atoms with van der Waals surface area (Å²) in [5.74, 6) is 0. The van der Waals surface area contributed by atoms with Crippen LogP contribution in [0.15, 0.2) is 48.5 Å².